The van der Waals surface area contributed by atoms with Gasteiger partial charge in [-0.1, -0.05) is 31.7 Å². The van der Waals surface area contributed by atoms with E-state index in [4.69, 9.17) is 18.9 Å². The van der Waals surface area contributed by atoms with Crippen molar-refractivity contribution in [3.8, 4) is 5.75 Å². The maximum atomic E-state index is 13.0. The lowest BCUT2D eigenvalue weighted by Crippen LogP contribution is -2.59. The second-order valence-corrected chi connectivity index (χ2v) is 12.0. The van der Waals surface area contributed by atoms with Crippen LogP contribution in [0.5, 0.6) is 5.75 Å². The number of fused-ring (bicyclic) bond motifs is 1. The fraction of sp³-hybridized carbons (Fsp3) is 0.613. The first-order chi connectivity index (χ1) is 20.8. The Kier molecular flexibility index (Phi) is 10.9. The standard InChI is InChI=1S/C31H42O13/c1-15(28(39)41-3)19-10-11-31(2)22(44-29(40)20(34)12-16-4-7-18(33)8-5-16)9-6-17(23(31)24(19)35)14-42-30-27(38)26(37)25(36)21(13-32)43-30/h4-8,19-27,30,32-38H,1,9-14H2,2-3H3/t19?,20?,21-,22?,23?,24?,25-,26+,27-,30-,31?/m1/s1. The van der Waals surface area contributed by atoms with E-state index < -0.39 is 84.8 Å². The molecule has 11 atom stereocenters. The summed E-state index contributed by atoms with van der Waals surface area (Å²) in [7, 11) is 1.21. The van der Waals surface area contributed by atoms with Crippen molar-refractivity contribution in [1.29, 1.82) is 0 Å². The highest BCUT2D eigenvalue weighted by Crippen LogP contribution is 2.54. The van der Waals surface area contributed by atoms with Crippen LogP contribution in [0.15, 0.2) is 48.1 Å². The maximum absolute atomic E-state index is 13.0. The number of methoxy groups -OCH3 is 1. The molecule has 0 aromatic heterocycles. The fourth-order valence-electron chi connectivity index (χ4n) is 6.61. The predicted molar refractivity (Wildman–Crippen MR) is 152 cm³/mol. The SMILES string of the molecule is C=C(C(=O)OC)C1CCC2(C)C(OC(=O)C(O)Cc3ccc(O)cc3)CC=C(CO[C@@H]3O[C@H](CO)[C@@H](O)[C@H](O)[C@H]3O)C2C1O. The van der Waals surface area contributed by atoms with E-state index >= 15 is 0 Å². The van der Waals surface area contributed by atoms with Crippen molar-refractivity contribution < 1.29 is 64.3 Å². The predicted octanol–water partition coefficient (Wildman–Crippen LogP) is -0.523. The minimum absolute atomic E-state index is 0.0380. The van der Waals surface area contributed by atoms with Gasteiger partial charge in [0, 0.05) is 35.7 Å². The molecule has 1 heterocycles. The largest absolute Gasteiger partial charge is 0.508 e. The van der Waals surface area contributed by atoms with E-state index in [0.29, 0.717) is 24.0 Å². The van der Waals surface area contributed by atoms with E-state index in [1.165, 1.54) is 19.2 Å². The van der Waals surface area contributed by atoms with E-state index in [1.807, 2.05) is 6.92 Å². The minimum Gasteiger partial charge on any atom is -0.508 e. The molecule has 3 aliphatic rings. The number of aliphatic hydroxyl groups excluding tert-OH is 6. The summed E-state index contributed by atoms with van der Waals surface area (Å²) in [4.78, 5) is 25.4. The molecule has 44 heavy (non-hydrogen) atoms. The molecule has 244 valence electrons. The lowest BCUT2D eigenvalue weighted by atomic mass is 9.54. The number of aliphatic hydroxyl groups is 6. The van der Waals surface area contributed by atoms with Gasteiger partial charge in [0.2, 0.25) is 0 Å². The summed E-state index contributed by atoms with van der Waals surface area (Å²) in [6, 6.07) is 6.06. The normalized spacial score (nSPS) is 36.0. The minimum atomic E-state index is -1.64. The number of carbonyl (C=O) groups excluding carboxylic acids is 2. The Hall–Kier alpha value is -2.88. The molecule has 7 N–H and O–H groups in total. The van der Waals surface area contributed by atoms with Gasteiger partial charge in [-0.15, -0.1) is 0 Å². The number of hydrogen-bond donors (Lipinski definition) is 7. The van der Waals surface area contributed by atoms with Gasteiger partial charge in [-0.3, -0.25) is 0 Å². The molecule has 0 amide bonds. The monoisotopic (exact) mass is 622 g/mol. The summed E-state index contributed by atoms with van der Waals surface area (Å²) in [5.74, 6) is -2.90. The van der Waals surface area contributed by atoms with Crippen LogP contribution in [0.4, 0.5) is 0 Å². The summed E-state index contributed by atoms with van der Waals surface area (Å²) >= 11 is 0. The smallest absolute Gasteiger partial charge is 0.335 e. The number of ether oxygens (including phenoxy) is 4. The van der Waals surface area contributed by atoms with Crippen molar-refractivity contribution >= 4 is 11.9 Å². The van der Waals surface area contributed by atoms with Gasteiger partial charge in [-0.05, 0) is 36.1 Å². The maximum Gasteiger partial charge on any atom is 0.335 e. The number of aromatic hydroxyl groups is 1. The Morgan fingerprint density at radius 3 is 2.41 bits per heavy atom. The molecular formula is C31H42O13. The van der Waals surface area contributed by atoms with E-state index in [9.17, 15) is 45.3 Å². The number of carbonyl (C=O) groups is 2. The van der Waals surface area contributed by atoms with E-state index in [-0.39, 0.29) is 30.8 Å². The topological polar surface area (TPSA) is 213 Å². The molecule has 13 nitrogen and oxygen atoms in total. The number of benzene rings is 1. The number of phenols is 1. The van der Waals surface area contributed by atoms with Gasteiger partial charge in [0.15, 0.2) is 12.4 Å². The molecule has 13 heteroatoms. The van der Waals surface area contributed by atoms with Gasteiger partial charge >= 0.3 is 11.9 Å². The molecule has 0 bridgehead atoms. The quantitative estimate of drug-likeness (QED) is 0.0995. The molecule has 2 fully saturated rings. The molecule has 1 aromatic rings. The summed E-state index contributed by atoms with van der Waals surface area (Å²) in [6.45, 7) is 4.84. The highest BCUT2D eigenvalue weighted by molar-refractivity contribution is 5.88. The molecule has 1 aromatic carbocycles. The molecule has 0 spiro atoms. The molecule has 4 rings (SSSR count). The highest BCUT2D eigenvalue weighted by atomic mass is 16.7. The van der Waals surface area contributed by atoms with Crippen LogP contribution < -0.4 is 0 Å². The first-order valence-corrected chi connectivity index (χ1v) is 14.5. The zero-order chi connectivity index (χ0) is 32.3. The van der Waals surface area contributed by atoms with Crippen molar-refractivity contribution in [2.75, 3.05) is 20.3 Å². The number of phenolic OH excluding ortho intramolecular Hbond substituents is 1. The average molecular weight is 623 g/mol. The second kappa shape index (κ2) is 14.0. The average Bonchev–Trinajstić information content (AvgIpc) is 3.00. The van der Waals surface area contributed by atoms with Crippen molar-refractivity contribution in [3.63, 3.8) is 0 Å². The molecule has 0 radical (unpaired) electrons. The molecule has 2 aliphatic carbocycles. The molecule has 1 saturated carbocycles. The van der Waals surface area contributed by atoms with Gasteiger partial charge in [0.1, 0.15) is 36.3 Å². The van der Waals surface area contributed by atoms with Crippen molar-refractivity contribution in [2.45, 2.75) is 81.6 Å². The van der Waals surface area contributed by atoms with Crippen LogP contribution in [0.25, 0.3) is 0 Å². The lowest BCUT2D eigenvalue weighted by Gasteiger charge is -2.54. The van der Waals surface area contributed by atoms with Crippen LogP contribution in [0, 0.1) is 17.3 Å². The van der Waals surface area contributed by atoms with Crippen molar-refractivity contribution in [2.24, 2.45) is 17.3 Å². The van der Waals surface area contributed by atoms with Crippen LogP contribution >= 0.6 is 0 Å². The Balaban J connectivity index is 1.56. The number of esters is 2. The zero-order valence-corrected chi connectivity index (χ0v) is 24.7. The van der Waals surface area contributed by atoms with Crippen molar-refractivity contribution in [1.82, 2.24) is 0 Å². The van der Waals surface area contributed by atoms with Gasteiger partial charge in [0.05, 0.1) is 26.4 Å². The summed E-state index contributed by atoms with van der Waals surface area (Å²) in [5.41, 5.74) is 0.365. The number of rotatable bonds is 10. The van der Waals surface area contributed by atoms with Crippen LogP contribution in [-0.4, -0.2) is 117 Å². The summed E-state index contributed by atoms with van der Waals surface area (Å²) < 4.78 is 21.9. The number of hydrogen-bond acceptors (Lipinski definition) is 13. The van der Waals surface area contributed by atoms with Crippen LogP contribution in [0.2, 0.25) is 0 Å². The van der Waals surface area contributed by atoms with E-state index in [1.54, 1.807) is 18.2 Å². The second-order valence-electron chi connectivity index (χ2n) is 12.0. The Morgan fingerprint density at radius 1 is 1.09 bits per heavy atom. The van der Waals surface area contributed by atoms with E-state index in [0.717, 1.165) is 0 Å². The van der Waals surface area contributed by atoms with Gasteiger partial charge in [-0.2, -0.15) is 0 Å². The first-order valence-electron chi connectivity index (χ1n) is 14.5. The van der Waals surface area contributed by atoms with Gasteiger partial charge in [-0.25, -0.2) is 9.59 Å². The van der Waals surface area contributed by atoms with E-state index in [2.05, 4.69) is 6.58 Å². The third-order valence-corrected chi connectivity index (χ3v) is 9.24. The molecule has 1 aliphatic heterocycles. The van der Waals surface area contributed by atoms with Gasteiger partial charge in [0.25, 0.3) is 0 Å². The highest BCUT2D eigenvalue weighted by Gasteiger charge is 2.56. The third kappa shape index (κ3) is 6.85. The van der Waals surface area contributed by atoms with Gasteiger partial charge < -0.3 is 54.7 Å². The molecule has 6 unspecified atom stereocenters. The Bertz CT molecular complexity index is 1210. The molecule has 1 saturated heterocycles. The summed E-state index contributed by atoms with van der Waals surface area (Å²) in [5, 5.41) is 72.0. The van der Waals surface area contributed by atoms with Crippen molar-refractivity contribution in [3.05, 3.63) is 53.6 Å². The third-order valence-electron chi connectivity index (χ3n) is 9.24. The Labute approximate surface area is 254 Å². The zero-order valence-electron chi connectivity index (χ0n) is 24.7. The van der Waals surface area contributed by atoms with Crippen LogP contribution in [0.3, 0.4) is 0 Å². The van der Waals surface area contributed by atoms with Crippen LogP contribution in [-0.2, 0) is 35.0 Å². The van der Waals surface area contributed by atoms with Crippen LogP contribution in [0.1, 0.15) is 31.7 Å². The lowest BCUT2D eigenvalue weighted by molar-refractivity contribution is -0.299. The first kappa shape index (κ1) is 34.0. The summed E-state index contributed by atoms with van der Waals surface area (Å²) in [6.07, 6.45) is -8.26. The fourth-order valence-corrected chi connectivity index (χ4v) is 6.61. The molecular weight excluding hydrogens is 580 g/mol. The Morgan fingerprint density at radius 2 is 1.77 bits per heavy atom.